The molecule has 1 aromatic heterocycles. The van der Waals surface area contributed by atoms with Gasteiger partial charge in [0.25, 0.3) is 0 Å². The third-order valence-corrected chi connectivity index (χ3v) is 3.89. The number of aliphatic hydroxyl groups is 1. The number of ether oxygens (including phenoxy) is 1. The summed E-state index contributed by atoms with van der Waals surface area (Å²) in [7, 11) is 0. The summed E-state index contributed by atoms with van der Waals surface area (Å²) in [6.45, 7) is 4.79. The molecule has 0 bridgehead atoms. The third-order valence-electron chi connectivity index (χ3n) is 2.77. The lowest BCUT2D eigenvalue weighted by Gasteiger charge is -2.10. The fraction of sp³-hybridized carbons (Fsp3) is 0.312. The lowest BCUT2D eigenvalue weighted by Crippen LogP contribution is -2.05. The van der Waals surface area contributed by atoms with E-state index in [0.29, 0.717) is 23.8 Å². The van der Waals surface area contributed by atoms with Gasteiger partial charge < -0.3 is 9.84 Å². The molecule has 0 aliphatic rings. The number of thiophene rings is 1. The van der Waals surface area contributed by atoms with E-state index in [9.17, 15) is 5.26 Å². The largest absolute Gasteiger partial charge is 0.492 e. The van der Waals surface area contributed by atoms with E-state index in [0.717, 1.165) is 15.3 Å². The number of rotatable bonds is 5. The van der Waals surface area contributed by atoms with E-state index in [1.54, 1.807) is 0 Å². The van der Waals surface area contributed by atoms with Crippen LogP contribution in [0.15, 0.2) is 30.3 Å². The predicted octanol–water partition coefficient (Wildman–Crippen LogP) is 3.81. The van der Waals surface area contributed by atoms with Crippen molar-refractivity contribution in [3.05, 3.63) is 40.8 Å². The molecule has 0 unspecified atom stereocenters. The third kappa shape index (κ3) is 3.38. The Morgan fingerprint density at radius 3 is 2.70 bits per heavy atom. The molecule has 0 radical (unpaired) electrons. The van der Waals surface area contributed by atoms with Crippen LogP contribution in [0.5, 0.6) is 5.75 Å². The maximum absolute atomic E-state index is 9.24. The van der Waals surface area contributed by atoms with E-state index in [-0.39, 0.29) is 6.61 Å². The smallest absolute Gasteiger partial charge is 0.137 e. The molecule has 0 saturated carbocycles. The average molecular weight is 287 g/mol. The Morgan fingerprint density at radius 1 is 1.30 bits per heavy atom. The van der Waals surface area contributed by atoms with Gasteiger partial charge in [-0.2, -0.15) is 5.26 Å². The molecule has 104 valence electrons. The normalized spacial score (nSPS) is 10.6. The standard InChI is InChI=1S/C16H17NO2S/c1-11(2)10-19-15-5-3-12(7-13(15)8-17)16-6-4-14(9-18)20-16/h3-7,11,18H,9-10H2,1-2H3. The van der Waals surface area contributed by atoms with Crippen molar-refractivity contribution in [2.75, 3.05) is 6.61 Å². The molecule has 3 nitrogen and oxygen atoms in total. The van der Waals surface area contributed by atoms with Crippen LogP contribution in [0.25, 0.3) is 10.4 Å². The first-order valence-electron chi connectivity index (χ1n) is 6.51. The van der Waals surface area contributed by atoms with Gasteiger partial charge in [-0.25, -0.2) is 0 Å². The predicted molar refractivity (Wildman–Crippen MR) is 80.7 cm³/mol. The van der Waals surface area contributed by atoms with E-state index in [4.69, 9.17) is 9.84 Å². The van der Waals surface area contributed by atoms with Gasteiger partial charge in [-0.3, -0.25) is 0 Å². The average Bonchev–Trinajstić information content (AvgIpc) is 2.93. The Kier molecular flexibility index (Phi) is 4.78. The van der Waals surface area contributed by atoms with Gasteiger partial charge in [0.05, 0.1) is 18.8 Å². The zero-order chi connectivity index (χ0) is 14.5. The van der Waals surface area contributed by atoms with E-state index in [1.165, 1.54) is 11.3 Å². The molecule has 2 aromatic rings. The summed E-state index contributed by atoms with van der Waals surface area (Å²) in [5.41, 5.74) is 1.52. The molecular weight excluding hydrogens is 270 g/mol. The van der Waals surface area contributed by atoms with Gasteiger partial charge in [-0.15, -0.1) is 11.3 Å². The van der Waals surface area contributed by atoms with Gasteiger partial charge in [0.15, 0.2) is 0 Å². The Hall–Kier alpha value is -1.83. The summed E-state index contributed by atoms with van der Waals surface area (Å²) < 4.78 is 5.65. The summed E-state index contributed by atoms with van der Waals surface area (Å²) in [4.78, 5) is 1.96. The van der Waals surface area contributed by atoms with E-state index < -0.39 is 0 Å². The Labute approximate surface area is 123 Å². The molecule has 0 aliphatic carbocycles. The van der Waals surface area contributed by atoms with E-state index in [1.807, 2.05) is 30.3 Å². The van der Waals surface area contributed by atoms with Crippen molar-refractivity contribution in [2.24, 2.45) is 5.92 Å². The van der Waals surface area contributed by atoms with Crippen LogP contribution < -0.4 is 4.74 Å². The lowest BCUT2D eigenvalue weighted by molar-refractivity contribution is 0.270. The minimum absolute atomic E-state index is 0.0470. The second-order valence-electron chi connectivity index (χ2n) is 4.95. The van der Waals surface area contributed by atoms with Gasteiger partial charge in [-0.05, 0) is 41.8 Å². The van der Waals surface area contributed by atoms with Crippen molar-refractivity contribution >= 4 is 11.3 Å². The summed E-state index contributed by atoms with van der Waals surface area (Å²) in [6.07, 6.45) is 0. The zero-order valence-electron chi connectivity index (χ0n) is 11.6. The van der Waals surface area contributed by atoms with Crippen LogP contribution in [0.3, 0.4) is 0 Å². The summed E-state index contributed by atoms with van der Waals surface area (Å²) >= 11 is 1.53. The first-order chi connectivity index (χ1) is 9.63. The molecule has 20 heavy (non-hydrogen) atoms. The maximum Gasteiger partial charge on any atom is 0.137 e. The summed E-state index contributed by atoms with van der Waals surface area (Å²) in [6, 6.07) is 11.7. The fourth-order valence-corrected chi connectivity index (χ4v) is 2.63. The van der Waals surface area contributed by atoms with E-state index in [2.05, 4.69) is 19.9 Å². The van der Waals surface area contributed by atoms with Gasteiger partial charge >= 0.3 is 0 Å². The highest BCUT2D eigenvalue weighted by Gasteiger charge is 2.09. The van der Waals surface area contributed by atoms with Gasteiger partial charge in [0, 0.05) is 9.75 Å². The van der Waals surface area contributed by atoms with E-state index >= 15 is 0 Å². The van der Waals surface area contributed by atoms with Crippen LogP contribution >= 0.6 is 11.3 Å². The molecule has 1 N–H and O–H groups in total. The first kappa shape index (κ1) is 14.6. The number of hydrogen-bond acceptors (Lipinski definition) is 4. The number of aliphatic hydroxyl groups excluding tert-OH is 1. The fourth-order valence-electron chi connectivity index (χ4n) is 1.77. The number of hydrogen-bond donors (Lipinski definition) is 1. The second-order valence-corrected chi connectivity index (χ2v) is 6.12. The number of nitrogens with zero attached hydrogens (tertiary/aromatic N) is 1. The molecule has 0 spiro atoms. The highest BCUT2D eigenvalue weighted by Crippen LogP contribution is 2.31. The first-order valence-corrected chi connectivity index (χ1v) is 7.32. The van der Waals surface area contributed by atoms with Crippen molar-refractivity contribution in [2.45, 2.75) is 20.5 Å². The molecule has 0 saturated heterocycles. The van der Waals surface area contributed by atoms with Crippen molar-refractivity contribution < 1.29 is 9.84 Å². The highest BCUT2D eigenvalue weighted by molar-refractivity contribution is 7.15. The SMILES string of the molecule is CC(C)COc1ccc(-c2ccc(CO)s2)cc1C#N. The van der Waals surface area contributed by atoms with Gasteiger partial charge in [0.2, 0.25) is 0 Å². The Balaban J connectivity index is 2.27. The van der Waals surface area contributed by atoms with Gasteiger partial charge in [0.1, 0.15) is 11.8 Å². The van der Waals surface area contributed by atoms with Crippen LogP contribution in [-0.2, 0) is 6.61 Å². The quantitative estimate of drug-likeness (QED) is 0.909. The van der Waals surface area contributed by atoms with Crippen LogP contribution in [0, 0.1) is 17.2 Å². The molecular formula is C16H17NO2S. The monoisotopic (exact) mass is 287 g/mol. The number of benzene rings is 1. The Morgan fingerprint density at radius 2 is 2.10 bits per heavy atom. The lowest BCUT2D eigenvalue weighted by atomic mass is 10.1. The minimum atomic E-state index is 0.0470. The molecule has 1 heterocycles. The molecule has 4 heteroatoms. The Bertz CT molecular complexity index is 626. The van der Waals surface area contributed by atoms with Crippen LogP contribution in [0.4, 0.5) is 0 Å². The molecule has 0 aliphatic heterocycles. The molecule has 1 aromatic carbocycles. The summed E-state index contributed by atoms with van der Waals surface area (Å²) in [5.74, 6) is 1.05. The zero-order valence-corrected chi connectivity index (χ0v) is 12.4. The van der Waals surface area contributed by atoms with Crippen LogP contribution in [0.2, 0.25) is 0 Å². The molecule has 0 fully saturated rings. The van der Waals surface area contributed by atoms with Crippen LogP contribution in [0.1, 0.15) is 24.3 Å². The topological polar surface area (TPSA) is 53.2 Å². The molecule has 2 rings (SSSR count). The van der Waals surface area contributed by atoms with Gasteiger partial charge in [-0.1, -0.05) is 13.8 Å². The maximum atomic E-state index is 9.24. The molecule has 0 atom stereocenters. The van der Waals surface area contributed by atoms with Crippen molar-refractivity contribution in [3.63, 3.8) is 0 Å². The van der Waals surface area contributed by atoms with Crippen molar-refractivity contribution in [1.82, 2.24) is 0 Å². The summed E-state index contributed by atoms with van der Waals surface area (Å²) in [5, 5.41) is 18.3. The molecule has 0 amide bonds. The van der Waals surface area contributed by atoms with Crippen molar-refractivity contribution in [1.29, 1.82) is 5.26 Å². The highest BCUT2D eigenvalue weighted by atomic mass is 32.1. The second kappa shape index (κ2) is 6.56. The van der Waals surface area contributed by atoms with Crippen molar-refractivity contribution in [3.8, 4) is 22.3 Å². The minimum Gasteiger partial charge on any atom is -0.492 e. The van der Waals surface area contributed by atoms with Crippen LogP contribution in [-0.4, -0.2) is 11.7 Å². The number of nitriles is 1.